The number of amides is 1. The van der Waals surface area contributed by atoms with Crippen molar-refractivity contribution < 1.29 is 31.6 Å². The van der Waals surface area contributed by atoms with E-state index in [1.165, 1.54) is 37.6 Å². The van der Waals surface area contributed by atoms with Crippen LogP contribution in [0.4, 0.5) is 18.9 Å². The average molecular weight is 509 g/mol. The van der Waals surface area contributed by atoms with Crippen molar-refractivity contribution in [3.05, 3.63) is 64.3 Å². The second-order valence-electron chi connectivity index (χ2n) is 7.87. The van der Waals surface area contributed by atoms with Crippen molar-refractivity contribution in [2.75, 3.05) is 18.7 Å². The van der Waals surface area contributed by atoms with Crippen molar-refractivity contribution in [3.63, 3.8) is 0 Å². The highest BCUT2D eigenvalue weighted by Crippen LogP contribution is 2.37. The predicted octanol–water partition coefficient (Wildman–Crippen LogP) is 5.51. The highest BCUT2D eigenvalue weighted by atomic mass is 32.2. The van der Waals surface area contributed by atoms with E-state index >= 15 is 0 Å². The van der Waals surface area contributed by atoms with Crippen molar-refractivity contribution in [1.29, 1.82) is 4.78 Å². The first kappa shape index (κ1) is 25.9. The van der Waals surface area contributed by atoms with Crippen molar-refractivity contribution in [3.8, 4) is 17.4 Å². The summed E-state index contributed by atoms with van der Waals surface area (Å²) < 4.78 is 71.4. The molecule has 1 heterocycles. The number of methoxy groups -OCH3 is 1. The minimum absolute atomic E-state index is 0.141. The summed E-state index contributed by atoms with van der Waals surface area (Å²) in [5.41, 5.74) is -0.909. The molecule has 0 radical (unpaired) electrons. The first-order valence-corrected chi connectivity index (χ1v) is 12.1. The van der Waals surface area contributed by atoms with Gasteiger partial charge < -0.3 is 14.8 Å². The minimum atomic E-state index is -4.85. The Morgan fingerprint density at radius 2 is 1.71 bits per heavy atom. The lowest BCUT2D eigenvalue weighted by Gasteiger charge is -2.18. The van der Waals surface area contributed by atoms with Crippen molar-refractivity contribution in [2.45, 2.75) is 31.8 Å². The Kier molecular flexibility index (Phi) is 7.06. The number of aryl methyl sites for hydroxylation is 2. The molecule has 0 bridgehead atoms. The van der Waals surface area contributed by atoms with Gasteiger partial charge in [0.05, 0.1) is 16.8 Å². The topological polar surface area (TPSA) is 114 Å². The molecule has 1 unspecified atom stereocenters. The molecule has 2 N–H and O–H groups in total. The van der Waals surface area contributed by atoms with Crippen molar-refractivity contribution >= 4 is 21.3 Å². The normalized spacial score (nSPS) is 13.1. The molecule has 35 heavy (non-hydrogen) atoms. The highest BCUT2D eigenvalue weighted by molar-refractivity contribution is 7.91. The summed E-state index contributed by atoms with van der Waals surface area (Å²) in [6.07, 6.45) is -3.64. The molecular formula is C23H23F3N4O4S. The Bertz CT molecular complexity index is 1380. The number of halogens is 3. The van der Waals surface area contributed by atoms with Gasteiger partial charge in [-0.1, -0.05) is 6.07 Å². The van der Waals surface area contributed by atoms with Crippen LogP contribution in [-0.2, 0) is 15.9 Å². The number of ether oxygens (including phenoxy) is 2. The summed E-state index contributed by atoms with van der Waals surface area (Å²) in [5, 5.41) is 9.33. The maximum absolute atomic E-state index is 13.5. The molecule has 8 nitrogen and oxygen atoms in total. The first-order chi connectivity index (χ1) is 16.2. The van der Waals surface area contributed by atoms with Gasteiger partial charge in [0.1, 0.15) is 17.1 Å². The lowest BCUT2D eigenvalue weighted by molar-refractivity contribution is -0.142. The fraction of sp³-hybridized carbons (Fsp3) is 0.261. The Morgan fingerprint density at radius 3 is 2.26 bits per heavy atom. The lowest BCUT2D eigenvalue weighted by atomic mass is 10.1. The second-order valence-corrected chi connectivity index (χ2v) is 10.0. The SMILES string of the molecule is COc1cc(C)c(Oc2nnc(C(F)(F)F)c(C)c2C(=O)Nc2cccc(S(C)(=N)=O)c2)c(C)c1. The van der Waals surface area contributed by atoms with Crippen molar-refractivity contribution in [1.82, 2.24) is 10.2 Å². The third-order valence-electron chi connectivity index (χ3n) is 5.09. The molecule has 1 amide bonds. The summed E-state index contributed by atoms with van der Waals surface area (Å²) >= 11 is 0. The maximum Gasteiger partial charge on any atom is 0.435 e. The molecule has 1 aromatic heterocycles. The van der Waals surface area contributed by atoms with Crippen molar-refractivity contribution in [2.24, 2.45) is 0 Å². The van der Waals surface area contributed by atoms with E-state index in [0.29, 0.717) is 16.9 Å². The smallest absolute Gasteiger partial charge is 0.435 e. The standard InChI is InChI=1S/C23H23F3N4O4S/c1-12-9-16(33-4)10-13(2)19(12)34-22-18(14(3)20(29-30-22)23(24,25)26)21(31)28-15-7-6-8-17(11-15)35(5,27)32/h6-11,27H,1-5H3,(H,28,31). The number of hydrogen-bond acceptors (Lipinski definition) is 7. The molecule has 2 aromatic carbocycles. The van der Waals surface area contributed by atoms with Gasteiger partial charge in [-0.25, -0.2) is 8.99 Å². The molecule has 0 spiro atoms. The van der Waals surface area contributed by atoms with Crippen LogP contribution < -0.4 is 14.8 Å². The van der Waals surface area contributed by atoms with Gasteiger partial charge in [-0.2, -0.15) is 13.2 Å². The van der Waals surface area contributed by atoms with Crippen LogP contribution in [0.25, 0.3) is 0 Å². The number of anilines is 1. The summed E-state index contributed by atoms with van der Waals surface area (Å²) in [4.78, 5) is 13.3. The number of carbonyl (C=O) groups is 1. The molecule has 186 valence electrons. The number of aromatic nitrogens is 2. The van der Waals surface area contributed by atoms with E-state index < -0.39 is 44.5 Å². The fourth-order valence-corrected chi connectivity index (χ4v) is 4.09. The van der Waals surface area contributed by atoms with E-state index in [9.17, 15) is 22.2 Å². The zero-order valence-corrected chi connectivity index (χ0v) is 20.4. The van der Waals surface area contributed by atoms with E-state index in [1.807, 2.05) is 0 Å². The molecule has 3 aromatic rings. The number of nitrogens with one attached hydrogen (secondary N) is 2. The van der Waals surface area contributed by atoms with Gasteiger partial charge in [0.2, 0.25) is 0 Å². The summed E-state index contributed by atoms with van der Waals surface area (Å²) in [6.45, 7) is 4.53. The van der Waals surface area contributed by atoms with E-state index in [4.69, 9.17) is 14.3 Å². The van der Waals surface area contributed by atoms with Crippen LogP contribution in [-0.4, -0.2) is 33.7 Å². The molecule has 3 rings (SSSR count). The molecule has 0 saturated carbocycles. The predicted molar refractivity (Wildman–Crippen MR) is 124 cm³/mol. The largest absolute Gasteiger partial charge is 0.497 e. The van der Waals surface area contributed by atoms with Crippen LogP contribution in [0.1, 0.15) is 32.7 Å². The van der Waals surface area contributed by atoms with E-state index in [1.54, 1.807) is 26.0 Å². The number of benzene rings is 2. The number of nitrogens with zero attached hydrogens (tertiary/aromatic N) is 2. The van der Waals surface area contributed by atoms with Gasteiger partial charge in [0, 0.05) is 16.8 Å². The monoisotopic (exact) mass is 508 g/mol. The molecule has 1 atom stereocenters. The highest BCUT2D eigenvalue weighted by Gasteiger charge is 2.38. The fourth-order valence-electron chi connectivity index (χ4n) is 3.40. The Balaban J connectivity index is 2.11. The molecule has 0 saturated heterocycles. The van der Waals surface area contributed by atoms with Crippen LogP contribution in [0.3, 0.4) is 0 Å². The van der Waals surface area contributed by atoms with Crippen LogP contribution in [0, 0.1) is 25.6 Å². The summed E-state index contributed by atoms with van der Waals surface area (Å²) in [7, 11) is -1.59. The Labute approximate surface area is 200 Å². The molecular weight excluding hydrogens is 485 g/mol. The number of carbonyl (C=O) groups excluding carboxylic acids is 1. The van der Waals surface area contributed by atoms with Gasteiger partial charge in [-0.15, -0.1) is 10.2 Å². The maximum atomic E-state index is 13.5. The number of rotatable bonds is 6. The van der Waals surface area contributed by atoms with Crippen LogP contribution in [0.2, 0.25) is 0 Å². The van der Waals surface area contributed by atoms with Gasteiger partial charge >= 0.3 is 6.18 Å². The molecule has 0 fully saturated rings. The zero-order chi connectivity index (χ0) is 26.1. The van der Waals surface area contributed by atoms with E-state index in [2.05, 4.69) is 15.5 Å². The third kappa shape index (κ3) is 5.70. The van der Waals surface area contributed by atoms with Gasteiger partial charge in [-0.3, -0.25) is 4.79 Å². The second kappa shape index (κ2) is 9.53. The van der Waals surface area contributed by atoms with Crippen LogP contribution in [0.5, 0.6) is 17.4 Å². The minimum Gasteiger partial charge on any atom is -0.497 e. The number of alkyl halides is 3. The van der Waals surface area contributed by atoms with Crippen LogP contribution in [0.15, 0.2) is 41.3 Å². The van der Waals surface area contributed by atoms with Gasteiger partial charge in [0.25, 0.3) is 11.8 Å². The summed E-state index contributed by atoms with van der Waals surface area (Å²) in [5.74, 6) is -0.510. The molecule has 0 aliphatic carbocycles. The molecule has 0 aliphatic heterocycles. The van der Waals surface area contributed by atoms with E-state index in [-0.39, 0.29) is 16.3 Å². The van der Waals surface area contributed by atoms with Crippen LogP contribution >= 0.6 is 0 Å². The molecule has 0 aliphatic rings. The quantitative estimate of drug-likeness (QED) is 0.454. The number of hydrogen-bond donors (Lipinski definition) is 2. The Morgan fingerprint density at radius 1 is 1.09 bits per heavy atom. The van der Waals surface area contributed by atoms with Gasteiger partial charge in [0.15, 0.2) is 5.69 Å². The van der Waals surface area contributed by atoms with Gasteiger partial charge in [-0.05, 0) is 67.8 Å². The zero-order valence-electron chi connectivity index (χ0n) is 19.5. The lowest BCUT2D eigenvalue weighted by Crippen LogP contribution is -2.21. The summed E-state index contributed by atoms with van der Waals surface area (Å²) in [6, 6.07) is 9.04. The molecule has 12 heteroatoms. The Hall–Kier alpha value is -3.67. The average Bonchev–Trinajstić information content (AvgIpc) is 2.74. The first-order valence-electron chi connectivity index (χ1n) is 10.1. The van der Waals surface area contributed by atoms with E-state index in [0.717, 1.165) is 6.92 Å². The third-order valence-corrected chi connectivity index (χ3v) is 6.24.